The lowest BCUT2D eigenvalue weighted by atomic mass is 10.1. The summed E-state index contributed by atoms with van der Waals surface area (Å²) in [5.74, 6) is 1.93. The van der Waals surface area contributed by atoms with Crippen LogP contribution in [-0.2, 0) is 11.3 Å². The molecule has 29 heavy (non-hydrogen) atoms. The Hall–Kier alpha value is -1.09. The fraction of sp³-hybridized carbons (Fsp3) is 0.727. The van der Waals surface area contributed by atoms with Gasteiger partial charge in [-0.3, -0.25) is 0 Å². The number of ether oxygens (including phenoxy) is 1. The Labute approximate surface area is 193 Å². The van der Waals surface area contributed by atoms with Gasteiger partial charge in [0, 0.05) is 32.4 Å². The minimum atomic E-state index is 0. The number of aliphatic imine (C=N–C) groups is 1. The van der Waals surface area contributed by atoms with Crippen molar-refractivity contribution in [2.45, 2.75) is 70.9 Å². The monoisotopic (exact) mass is 515 g/mol. The van der Waals surface area contributed by atoms with E-state index in [1.165, 1.54) is 51.4 Å². The van der Waals surface area contributed by atoms with Gasteiger partial charge in [-0.15, -0.1) is 24.0 Å². The Bertz CT molecular complexity index is 581. The van der Waals surface area contributed by atoms with Crippen molar-refractivity contribution in [3.05, 3.63) is 23.9 Å². The molecule has 3 rings (SSSR count). The number of guanidine groups is 1. The number of nitrogens with zero attached hydrogens (tertiary/aromatic N) is 3. The summed E-state index contributed by atoms with van der Waals surface area (Å²) in [4.78, 5) is 11.7. The van der Waals surface area contributed by atoms with Crippen molar-refractivity contribution in [2.75, 3.05) is 37.7 Å². The maximum Gasteiger partial charge on any atom is 0.191 e. The molecule has 0 aromatic carbocycles. The van der Waals surface area contributed by atoms with Crippen LogP contribution in [0.2, 0.25) is 0 Å². The molecule has 0 spiro atoms. The second-order valence-corrected chi connectivity index (χ2v) is 7.83. The normalized spacial score (nSPS) is 18.2. The number of anilines is 1. The molecular weight excluding hydrogens is 477 g/mol. The highest BCUT2D eigenvalue weighted by Crippen LogP contribution is 2.19. The van der Waals surface area contributed by atoms with Crippen LogP contribution < -0.4 is 15.5 Å². The minimum Gasteiger partial charge on any atom is -0.376 e. The Kier molecular flexibility index (Phi) is 11.7. The quantitative estimate of drug-likeness (QED) is 0.180. The molecule has 0 unspecified atom stereocenters. The second kappa shape index (κ2) is 14.0. The van der Waals surface area contributed by atoms with Gasteiger partial charge in [0.05, 0.1) is 19.3 Å². The van der Waals surface area contributed by atoms with Crippen molar-refractivity contribution >= 4 is 35.8 Å². The molecule has 1 aliphatic carbocycles. The van der Waals surface area contributed by atoms with Crippen LogP contribution in [-0.4, -0.2) is 49.8 Å². The maximum atomic E-state index is 6.06. The summed E-state index contributed by atoms with van der Waals surface area (Å²) in [6.07, 6.45) is 12.7. The van der Waals surface area contributed by atoms with Crippen LogP contribution in [0.15, 0.2) is 23.3 Å². The Balaban J connectivity index is 0.00000300. The molecule has 1 aromatic heterocycles. The zero-order valence-corrected chi connectivity index (χ0v) is 20.2. The molecule has 0 atom stereocenters. The number of hydrogen-bond acceptors (Lipinski definition) is 4. The summed E-state index contributed by atoms with van der Waals surface area (Å²) in [5.41, 5.74) is 1.13. The van der Waals surface area contributed by atoms with E-state index in [0.29, 0.717) is 12.6 Å². The zero-order chi connectivity index (χ0) is 19.4. The Morgan fingerprint density at radius 2 is 1.86 bits per heavy atom. The highest BCUT2D eigenvalue weighted by atomic mass is 127. The molecule has 6 nitrogen and oxygen atoms in total. The third-order valence-corrected chi connectivity index (χ3v) is 5.55. The molecule has 2 aliphatic rings. The van der Waals surface area contributed by atoms with E-state index in [1.54, 1.807) is 0 Å². The minimum absolute atomic E-state index is 0. The van der Waals surface area contributed by atoms with E-state index in [9.17, 15) is 0 Å². The highest BCUT2D eigenvalue weighted by molar-refractivity contribution is 14.0. The van der Waals surface area contributed by atoms with E-state index in [4.69, 9.17) is 9.73 Å². The first-order valence-electron chi connectivity index (χ1n) is 11.2. The van der Waals surface area contributed by atoms with Crippen LogP contribution in [0.1, 0.15) is 63.9 Å². The lowest BCUT2D eigenvalue weighted by molar-refractivity contribution is 0.0468. The summed E-state index contributed by atoms with van der Waals surface area (Å²) < 4.78 is 6.06. The molecule has 0 amide bonds. The van der Waals surface area contributed by atoms with Crippen LogP contribution in [0.4, 0.5) is 5.82 Å². The van der Waals surface area contributed by atoms with Crippen molar-refractivity contribution in [3.8, 4) is 0 Å². The van der Waals surface area contributed by atoms with Crippen LogP contribution in [0.25, 0.3) is 0 Å². The molecule has 7 heteroatoms. The van der Waals surface area contributed by atoms with Gasteiger partial charge in [-0.1, -0.05) is 31.7 Å². The summed E-state index contributed by atoms with van der Waals surface area (Å²) in [6, 6.07) is 4.26. The molecule has 0 radical (unpaired) electrons. The van der Waals surface area contributed by atoms with Crippen molar-refractivity contribution in [1.29, 1.82) is 0 Å². The second-order valence-electron chi connectivity index (χ2n) is 7.83. The third kappa shape index (κ3) is 8.66. The number of pyridine rings is 1. The number of hydrogen-bond donors (Lipinski definition) is 2. The first kappa shape index (κ1) is 24.2. The van der Waals surface area contributed by atoms with E-state index in [1.807, 2.05) is 6.20 Å². The summed E-state index contributed by atoms with van der Waals surface area (Å²) in [7, 11) is 0. The summed E-state index contributed by atoms with van der Waals surface area (Å²) in [5, 5.41) is 6.70. The molecule has 2 N–H and O–H groups in total. The Morgan fingerprint density at radius 3 is 2.52 bits per heavy atom. The molecule has 0 bridgehead atoms. The van der Waals surface area contributed by atoms with Gasteiger partial charge in [0.2, 0.25) is 0 Å². The zero-order valence-electron chi connectivity index (χ0n) is 17.9. The van der Waals surface area contributed by atoms with Gasteiger partial charge in [0.15, 0.2) is 5.96 Å². The van der Waals surface area contributed by atoms with Gasteiger partial charge in [0.1, 0.15) is 5.82 Å². The predicted molar refractivity (Wildman–Crippen MR) is 131 cm³/mol. The molecule has 1 saturated carbocycles. The molecular formula is C22H38IN5O. The van der Waals surface area contributed by atoms with Gasteiger partial charge in [-0.2, -0.15) is 0 Å². The molecule has 1 saturated heterocycles. The number of rotatable bonds is 8. The predicted octanol–water partition coefficient (Wildman–Crippen LogP) is 4.09. The fourth-order valence-corrected chi connectivity index (χ4v) is 3.96. The SMILES string of the molecule is CCNC(=NCc1ccc(N2CCCC2)nc1)NCCOC1CCCCCC1.I. The standard InChI is InChI=1S/C22H37N5O.HI/c1-2-23-22(24-13-16-28-20-9-5-3-4-6-10-20)26-18-19-11-12-21(25-17-19)27-14-7-8-15-27;/h11-12,17,20H,2-10,13-16,18H2,1H3,(H2,23,24,26);1H. The topological polar surface area (TPSA) is 61.8 Å². The van der Waals surface area contributed by atoms with Crippen LogP contribution in [0.3, 0.4) is 0 Å². The molecule has 2 heterocycles. The number of aromatic nitrogens is 1. The molecule has 2 fully saturated rings. The summed E-state index contributed by atoms with van der Waals surface area (Å²) in [6.45, 7) is 7.35. The average molecular weight is 515 g/mol. The van der Waals surface area contributed by atoms with Gasteiger partial charge in [0.25, 0.3) is 0 Å². The average Bonchev–Trinajstić information content (AvgIpc) is 3.14. The van der Waals surface area contributed by atoms with Crippen molar-refractivity contribution in [2.24, 2.45) is 4.99 Å². The van der Waals surface area contributed by atoms with Crippen molar-refractivity contribution in [1.82, 2.24) is 15.6 Å². The number of halogens is 1. The van der Waals surface area contributed by atoms with Gasteiger partial charge < -0.3 is 20.3 Å². The third-order valence-electron chi connectivity index (χ3n) is 5.55. The smallest absolute Gasteiger partial charge is 0.191 e. The maximum absolute atomic E-state index is 6.06. The van der Waals surface area contributed by atoms with E-state index in [0.717, 1.165) is 50.1 Å². The molecule has 1 aliphatic heterocycles. The highest BCUT2D eigenvalue weighted by Gasteiger charge is 2.13. The van der Waals surface area contributed by atoms with Crippen molar-refractivity contribution < 1.29 is 4.74 Å². The van der Waals surface area contributed by atoms with Crippen LogP contribution in [0, 0.1) is 0 Å². The van der Waals surface area contributed by atoms with Gasteiger partial charge in [-0.25, -0.2) is 9.98 Å². The molecule has 164 valence electrons. The van der Waals surface area contributed by atoms with Crippen LogP contribution in [0.5, 0.6) is 0 Å². The van der Waals surface area contributed by atoms with Gasteiger partial charge in [-0.05, 0) is 44.2 Å². The summed E-state index contributed by atoms with van der Waals surface area (Å²) >= 11 is 0. The molecule has 1 aromatic rings. The first-order chi connectivity index (χ1) is 13.8. The fourth-order valence-electron chi connectivity index (χ4n) is 3.96. The Morgan fingerprint density at radius 1 is 1.10 bits per heavy atom. The van der Waals surface area contributed by atoms with E-state index < -0.39 is 0 Å². The number of nitrogens with one attached hydrogen (secondary N) is 2. The lowest BCUT2D eigenvalue weighted by Crippen LogP contribution is -2.39. The van der Waals surface area contributed by atoms with Crippen LogP contribution >= 0.6 is 24.0 Å². The first-order valence-corrected chi connectivity index (χ1v) is 11.2. The van der Waals surface area contributed by atoms with E-state index in [2.05, 4.69) is 39.6 Å². The largest absolute Gasteiger partial charge is 0.376 e. The van der Waals surface area contributed by atoms with E-state index >= 15 is 0 Å². The van der Waals surface area contributed by atoms with E-state index in [-0.39, 0.29) is 24.0 Å². The van der Waals surface area contributed by atoms with Crippen molar-refractivity contribution in [3.63, 3.8) is 0 Å². The van der Waals surface area contributed by atoms with Gasteiger partial charge >= 0.3 is 0 Å². The lowest BCUT2D eigenvalue weighted by Gasteiger charge is -2.17.